The van der Waals surface area contributed by atoms with Crippen molar-refractivity contribution in [3.63, 3.8) is 0 Å². The molecule has 7 nitrogen and oxygen atoms in total. The fourth-order valence-corrected chi connectivity index (χ4v) is 6.12. The number of fused-ring (bicyclic) bond motifs is 1. The summed E-state index contributed by atoms with van der Waals surface area (Å²) in [6.07, 6.45) is -2.01. The monoisotopic (exact) mass is 565 g/mol. The van der Waals surface area contributed by atoms with Crippen LogP contribution in [0.1, 0.15) is 36.0 Å². The Morgan fingerprint density at radius 2 is 1.92 bits per heavy atom. The first-order valence-corrected chi connectivity index (χ1v) is 13.7. The number of carbonyl (C=O) groups is 1. The molecule has 0 atom stereocenters. The van der Waals surface area contributed by atoms with Crippen molar-refractivity contribution in [2.45, 2.75) is 44.3 Å². The number of carboxylic acids is 1. The number of aryl methyl sites for hydroxylation is 1. The number of halogens is 3. The van der Waals surface area contributed by atoms with E-state index in [1.807, 2.05) is 13.0 Å². The summed E-state index contributed by atoms with van der Waals surface area (Å²) in [4.78, 5) is 20.2. The van der Waals surface area contributed by atoms with Crippen LogP contribution in [0.5, 0.6) is 5.75 Å². The van der Waals surface area contributed by atoms with Crippen LogP contribution >= 0.6 is 11.3 Å². The van der Waals surface area contributed by atoms with Crippen molar-refractivity contribution in [2.75, 3.05) is 51.9 Å². The molecule has 212 valence electrons. The molecule has 4 rings (SSSR count). The van der Waals surface area contributed by atoms with E-state index in [4.69, 9.17) is 14.6 Å². The van der Waals surface area contributed by atoms with Gasteiger partial charge in [0.15, 0.2) is 5.13 Å². The van der Waals surface area contributed by atoms with E-state index in [2.05, 4.69) is 21.8 Å². The molecule has 3 aromatic rings. The van der Waals surface area contributed by atoms with E-state index < -0.39 is 17.7 Å². The van der Waals surface area contributed by atoms with Crippen LogP contribution in [0.4, 0.5) is 18.3 Å². The summed E-state index contributed by atoms with van der Waals surface area (Å²) in [6.45, 7) is 5.20. The van der Waals surface area contributed by atoms with E-state index in [9.17, 15) is 18.0 Å². The lowest BCUT2D eigenvalue weighted by Gasteiger charge is -2.47. The molecule has 1 aliphatic heterocycles. The van der Waals surface area contributed by atoms with E-state index in [1.165, 1.54) is 23.5 Å². The highest BCUT2D eigenvalue weighted by molar-refractivity contribution is 7.22. The summed E-state index contributed by atoms with van der Waals surface area (Å²) in [5.41, 5.74) is 1.41. The molecular formula is C28H34F3N3O4S. The zero-order valence-corrected chi connectivity index (χ0v) is 23.2. The number of thiazole rings is 1. The van der Waals surface area contributed by atoms with E-state index in [0.29, 0.717) is 34.7 Å². The Balaban J connectivity index is 1.45. The van der Waals surface area contributed by atoms with Gasteiger partial charge in [0.25, 0.3) is 0 Å². The molecule has 2 heterocycles. The Hall–Kier alpha value is -2.89. The number of aromatic nitrogens is 1. The molecule has 1 aliphatic rings. The second-order valence-electron chi connectivity index (χ2n) is 10.1. The number of aliphatic carboxylic acids is 1. The van der Waals surface area contributed by atoms with Gasteiger partial charge in [0.2, 0.25) is 0 Å². The number of piperidine rings is 1. The van der Waals surface area contributed by atoms with Crippen molar-refractivity contribution >= 4 is 32.7 Å². The van der Waals surface area contributed by atoms with Gasteiger partial charge in [0.05, 0.1) is 35.4 Å². The number of methoxy groups -OCH3 is 1. The summed E-state index contributed by atoms with van der Waals surface area (Å²) in [6, 6.07) is 9.17. The van der Waals surface area contributed by atoms with Crippen LogP contribution in [0.2, 0.25) is 0 Å². The van der Waals surface area contributed by atoms with Crippen LogP contribution < -0.4 is 9.64 Å². The van der Waals surface area contributed by atoms with Crippen molar-refractivity contribution < 1.29 is 32.5 Å². The molecule has 39 heavy (non-hydrogen) atoms. The van der Waals surface area contributed by atoms with Gasteiger partial charge in [-0.3, -0.25) is 9.69 Å². The third kappa shape index (κ3) is 7.01. The van der Waals surface area contributed by atoms with Crippen LogP contribution in [0, 0.1) is 6.92 Å². The molecule has 1 aromatic heterocycles. The van der Waals surface area contributed by atoms with Gasteiger partial charge in [-0.05, 0) is 68.6 Å². The lowest BCUT2D eigenvalue weighted by atomic mass is 9.83. The minimum atomic E-state index is -4.38. The third-order valence-corrected chi connectivity index (χ3v) is 8.62. The van der Waals surface area contributed by atoms with E-state index >= 15 is 0 Å². The molecule has 1 fully saturated rings. The van der Waals surface area contributed by atoms with Crippen molar-refractivity contribution in [1.82, 2.24) is 9.88 Å². The van der Waals surface area contributed by atoms with Crippen LogP contribution in [-0.2, 0) is 22.1 Å². The smallest absolute Gasteiger partial charge is 0.416 e. The zero-order chi connectivity index (χ0) is 28.2. The van der Waals surface area contributed by atoms with Gasteiger partial charge in [-0.2, -0.15) is 13.2 Å². The standard InChI is InChI=1S/C28H34F3N3O4S/c1-19-4-5-20(17-25(35)36)16-23(19)38-14-10-27(33(2)13-15-37-3)8-11-34(12-9-27)26-32-22-7-6-21(28(29,30)31)18-24(22)39-26/h4-7,16,18H,8-15,17H2,1-3H3,(H,35,36). The minimum absolute atomic E-state index is 0.0561. The van der Waals surface area contributed by atoms with Gasteiger partial charge in [0, 0.05) is 32.3 Å². The maximum Gasteiger partial charge on any atom is 0.416 e. The molecule has 1 saturated heterocycles. The molecule has 1 N–H and O–H groups in total. The number of benzene rings is 2. The summed E-state index contributed by atoms with van der Waals surface area (Å²) in [5, 5.41) is 9.85. The minimum Gasteiger partial charge on any atom is -0.493 e. The van der Waals surface area contributed by atoms with Gasteiger partial charge in [-0.15, -0.1) is 0 Å². The average Bonchev–Trinajstić information content (AvgIpc) is 3.32. The number of rotatable bonds is 11. The molecule has 0 radical (unpaired) electrons. The van der Waals surface area contributed by atoms with E-state index in [-0.39, 0.29) is 12.0 Å². The summed E-state index contributed by atoms with van der Waals surface area (Å²) in [5.74, 6) is -0.196. The van der Waals surface area contributed by atoms with Crippen molar-refractivity contribution in [2.24, 2.45) is 0 Å². The van der Waals surface area contributed by atoms with Crippen LogP contribution in [0.25, 0.3) is 10.2 Å². The highest BCUT2D eigenvalue weighted by Gasteiger charge is 2.39. The third-order valence-electron chi connectivity index (χ3n) is 7.54. The molecule has 0 saturated carbocycles. The second-order valence-corrected chi connectivity index (χ2v) is 11.1. The fourth-order valence-electron chi connectivity index (χ4n) is 5.06. The van der Waals surface area contributed by atoms with Gasteiger partial charge >= 0.3 is 12.1 Å². The molecule has 0 amide bonds. The number of nitrogens with zero attached hydrogens (tertiary/aromatic N) is 3. The Bertz CT molecular complexity index is 1290. The van der Waals surface area contributed by atoms with Crippen molar-refractivity contribution in [1.29, 1.82) is 0 Å². The largest absolute Gasteiger partial charge is 0.493 e. The molecule has 0 aliphatic carbocycles. The molecule has 11 heteroatoms. The second kappa shape index (κ2) is 12.1. The number of ether oxygens (including phenoxy) is 2. The highest BCUT2D eigenvalue weighted by atomic mass is 32.1. The van der Waals surface area contributed by atoms with Crippen LogP contribution in [0.15, 0.2) is 36.4 Å². The first-order valence-electron chi connectivity index (χ1n) is 12.9. The number of alkyl halides is 3. The number of carboxylic acid groups (broad SMARTS) is 1. The molecule has 0 unspecified atom stereocenters. The Morgan fingerprint density at radius 3 is 2.59 bits per heavy atom. The van der Waals surface area contributed by atoms with Gasteiger partial charge < -0.3 is 19.5 Å². The fraction of sp³-hybridized carbons (Fsp3) is 0.500. The number of anilines is 1. The van der Waals surface area contributed by atoms with Gasteiger partial charge in [-0.1, -0.05) is 23.5 Å². The molecule has 0 bridgehead atoms. The number of likely N-dealkylation sites (N-methyl/N-ethyl adjacent to an activating group) is 1. The normalized spacial score (nSPS) is 15.7. The maximum atomic E-state index is 13.2. The lowest BCUT2D eigenvalue weighted by Crippen LogP contribution is -2.55. The lowest BCUT2D eigenvalue weighted by molar-refractivity contribution is -0.138. The van der Waals surface area contributed by atoms with Gasteiger partial charge in [0.1, 0.15) is 5.75 Å². The zero-order valence-electron chi connectivity index (χ0n) is 22.4. The molecular weight excluding hydrogens is 531 g/mol. The van der Waals surface area contributed by atoms with E-state index in [0.717, 1.165) is 55.7 Å². The van der Waals surface area contributed by atoms with E-state index in [1.54, 1.807) is 19.2 Å². The maximum absolute atomic E-state index is 13.2. The summed E-state index contributed by atoms with van der Waals surface area (Å²) >= 11 is 1.29. The average molecular weight is 566 g/mol. The summed E-state index contributed by atoms with van der Waals surface area (Å²) < 4.78 is 51.5. The van der Waals surface area contributed by atoms with Crippen molar-refractivity contribution in [3.8, 4) is 5.75 Å². The topological polar surface area (TPSA) is 75.1 Å². The first-order chi connectivity index (χ1) is 18.5. The predicted octanol–water partition coefficient (Wildman–Crippen LogP) is 5.64. The summed E-state index contributed by atoms with van der Waals surface area (Å²) in [7, 11) is 3.76. The number of hydrogen-bond acceptors (Lipinski definition) is 7. The first kappa shape index (κ1) is 29.1. The molecule has 2 aromatic carbocycles. The quantitative estimate of drug-likeness (QED) is 0.323. The molecule has 0 spiro atoms. The number of hydrogen-bond donors (Lipinski definition) is 1. The SMILES string of the molecule is COCCN(C)C1(CCOc2cc(CC(=O)O)ccc2C)CCN(c2nc3ccc(C(F)(F)F)cc3s2)CC1. The highest BCUT2D eigenvalue weighted by Crippen LogP contribution is 2.38. The Morgan fingerprint density at radius 1 is 1.18 bits per heavy atom. The van der Waals surface area contributed by atoms with Crippen molar-refractivity contribution in [3.05, 3.63) is 53.1 Å². The Labute approximate surface area is 230 Å². The predicted molar refractivity (Wildman–Crippen MR) is 146 cm³/mol. The van der Waals surface area contributed by atoms with Gasteiger partial charge in [-0.25, -0.2) is 4.98 Å². The van der Waals surface area contributed by atoms with Crippen LogP contribution in [-0.4, -0.2) is 73.5 Å². The van der Waals surface area contributed by atoms with Crippen LogP contribution in [0.3, 0.4) is 0 Å². The Kier molecular flexibility index (Phi) is 9.03.